The van der Waals surface area contributed by atoms with E-state index < -0.39 is 23.2 Å². The molecule has 1 atom stereocenters. The first-order valence-electron chi connectivity index (χ1n) is 13.0. The molecule has 0 spiro atoms. The summed E-state index contributed by atoms with van der Waals surface area (Å²) in [4.78, 5) is 25.6. The summed E-state index contributed by atoms with van der Waals surface area (Å²) in [6, 6.07) is 7.21. The number of carbonyl (C=O) groups excluding carboxylic acids is 1. The minimum absolute atomic E-state index is 0.0293. The third-order valence-corrected chi connectivity index (χ3v) is 8.28. The number of nitrogens with zero attached hydrogens (tertiary/aromatic N) is 4. The van der Waals surface area contributed by atoms with E-state index >= 15 is 0 Å². The molecule has 0 bridgehead atoms. The molecule has 2 amide bonds. The lowest BCUT2D eigenvalue weighted by molar-refractivity contribution is 0.161. The fraction of sp³-hybridized carbons (Fsp3) is 0.440. The highest BCUT2D eigenvalue weighted by Gasteiger charge is 2.27. The Labute approximate surface area is 226 Å². The number of rotatable bonds is 7. The number of fused-ring (bicyclic) bond motifs is 1. The Morgan fingerprint density at radius 2 is 2.03 bits per heavy atom. The molecule has 3 heterocycles. The summed E-state index contributed by atoms with van der Waals surface area (Å²) in [6.07, 6.45) is 5.20. The van der Waals surface area contributed by atoms with E-state index in [1.54, 1.807) is 12.3 Å². The van der Waals surface area contributed by atoms with Crippen molar-refractivity contribution in [2.45, 2.75) is 63.5 Å². The van der Waals surface area contributed by atoms with Gasteiger partial charge in [-0.3, -0.25) is 9.48 Å². The van der Waals surface area contributed by atoms with Crippen LogP contribution in [-0.4, -0.2) is 52.8 Å². The molecule has 0 saturated carbocycles. The molecule has 2 aromatic heterocycles. The summed E-state index contributed by atoms with van der Waals surface area (Å²) in [5.74, 6) is 0.0293. The first kappa shape index (κ1) is 27.1. The Kier molecular flexibility index (Phi) is 7.60. The standard InChI is InChI=1S/C25H31BN6O6S/c1-16(2)31-13-11-22(29-31)39(36,37)30-25(34)27-24-19-5-3-4-18(19)6-7-20(24)21-8-9-23(33)32(28-21)14-17-10-12-26(35)38-15-17/h6-9,11,13,16-17,35H,3-5,10,12,14-15H2,1-2H3,(H2,27,30,34). The molecule has 3 N–H and O–H groups in total. The zero-order valence-corrected chi connectivity index (χ0v) is 22.6. The van der Waals surface area contributed by atoms with Crippen LogP contribution in [0.5, 0.6) is 0 Å². The highest BCUT2D eigenvalue weighted by atomic mass is 32.2. The Morgan fingerprint density at radius 1 is 1.21 bits per heavy atom. The summed E-state index contributed by atoms with van der Waals surface area (Å²) in [7, 11) is -4.98. The Morgan fingerprint density at radius 3 is 2.74 bits per heavy atom. The van der Waals surface area contributed by atoms with Gasteiger partial charge in [0.15, 0.2) is 5.03 Å². The second-order valence-electron chi connectivity index (χ2n) is 10.2. The zero-order valence-electron chi connectivity index (χ0n) is 21.8. The van der Waals surface area contributed by atoms with Gasteiger partial charge in [0.05, 0.1) is 11.4 Å². The van der Waals surface area contributed by atoms with Gasteiger partial charge in [-0.1, -0.05) is 12.1 Å². The van der Waals surface area contributed by atoms with E-state index in [0.29, 0.717) is 49.3 Å². The first-order chi connectivity index (χ1) is 18.6. The molecular weight excluding hydrogens is 523 g/mol. The number of anilines is 1. The minimum Gasteiger partial charge on any atom is -0.427 e. The van der Waals surface area contributed by atoms with Crippen LogP contribution in [-0.2, 0) is 34.1 Å². The lowest BCUT2D eigenvalue weighted by Gasteiger charge is -2.24. The van der Waals surface area contributed by atoms with E-state index in [0.717, 1.165) is 24.0 Å². The molecule has 39 heavy (non-hydrogen) atoms. The molecular formula is C25H31BN6O6S. The van der Waals surface area contributed by atoms with Gasteiger partial charge < -0.3 is 15.0 Å². The number of benzene rings is 1. The van der Waals surface area contributed by atoms with Gasteiger partial charge in [0.2, 0.25) is 0 Å². The number of amides is 2. The van der Waals surface area contributed by atoms with Gasteiger partial charge in [0.1, 0.15) is 0 Å². The molecule has 1 aliphatic carbocycles. The van der Waals surface area contributed by atoms with E-state index in [9.17, 15) is 23.0 Å². The highest BCUT2D eigenvalue weighted by Crippen LogP contribution is 2.36. The van der Waals surface area contributed by atoms with Gasteiger partial charge in [-0.2, -0.15) is 18.6 Å². The summed E-state index contributed by atoms with van der Waals surface area (Å²) in [5, 5.41) is 20.7. The molecule has 14 heteroatoms. The molecule has 2 aliphatic rings. The molecule has 12 nitrogen and oxygen atoms in total. The minimum atomic E-state index is -4.20. The predicted molar refractivity (Wildman–Crippen MR) is 145 cm³/mol. The number of urea groups is 1. The largest absolute Gasteiger partial charge is 0.454 e. The quantitative estimate of drug-likeness (QED) is 0.375. The van der Waals surface area contributed by atoms with Crippen molar-refractivity contribution >= 4 is 28.9 Å². The van der Waals surface area contributed by atoms with Crippen molar-refractivity contribution in [2.24, 2.45) is 5.92 Å². The number of carbonyl (C=O) groups is 1. The van der Waals surface area contributed by atoms with Crippen LogP contribution in [0.4, 0.5) is 10.5 Å². The van der Waals surface area contributed by atoms with Crippen LogP contribution in [0.25, 0.3) is 11.3 Å². The van der Waals surface area contributed by atoms with E-state index in [1.807, 2.05) is 26.0 Å². The van der Waals surface area contributed by atoms with Crippen molar-refractivity contribution in [3.05, 3.63) is 58.0 Å². The Balaban J connectivity index is 1.42. The maximum atomic E-state index is 13.0. The highest BCUT2D eigenvalue weighted by molar-refractivity contribution is 7.90. The van der Waals surface area contributed by atoms with Crippen LogP contribution < -0.4 is 15.6 Å². The molecule has 1 saturated heterocycles. The normalized spacial score (nSPS) is 17.3. The van der Waals surface area contributed by atoms with Crippen LogP contribution in [0.2, 0.25) is 6.32 Å². The maximum Gasteiger partial charge on any atom is 0.454 e. The molecule has 5 rings (SSSR count). The van der Waals surface area contributed by atoms with E-state index in [4.69, 9.17) is 4.65 Å². The van der Waals surface area contributed by atoms with Crippen LogP contribution in [0.1, 0.15) is 43.9 Å². The van der Waals surface area contributed by atoms with Crippen molar-refractivity contribution in [3.63, 3.8) is 0 Å². The molecule has 1 aromatic carbocycles. The monoisotopic (exact) mass is 554 g/mol. The summed E-state index contributed by atoms with van der Waals surface area (Å²) < 4.78 is 35.9. The SMILES string of the molecule is CC(C)n1ccc(S(=O)(=O)NC(=O)Nc2c(-c3ccc(=O)n(CC4CCB(O)OC4)n3)ccc3c2CCC3)n1. The third-order valence-electron chi connectivity index (χ3n) is 7.06. The number of aryl methyl sites for hydroxylation is 1. The van der Waals surface area contributed by atoms with Crippen molar-refractivity contribution in [1.82, 2.24) is 24.3 Å². The maximum absolute atomic E-state index is 13.0. The van der Waals surface area contributed by atoms with Crippen LogP contribution >= 0.6 is 0 Å². The third kappa shape index (κ3) is 5.92. The molecule has 3 aromatic rings. The Bertz CT molecular complexity index is 1540. The first-order valence-corrected chi connectivity index (χ1v) is 14.5. The fourth-order valence-electron chi connectivity index (χ4n) is 4.99. The molecule has 1 fully saturated rings. The van der Waals surface area contributed by atoms with E-state index in [2.05, 4.69) is 20.2 Å². The van der Waals surface area contributed by atoms with E-state index in [-0.39, 0.29) is 22.5 Å². The molecule has 206 valence electrons. The topological polar surface area (TPSA) is 157 Å². The fourth-order valence-corrected chi connectivity index (χ4v) is 5.83. The summed E-state index contributed by atoms with van der Waals surface area (Å²) in [5.41, 5.74) is 3.22. The van der Waals surface area contributed by atoms with Gasteiger partial charge in [-0.05, 0) is 75.0 Å². The van der Waals surface area contributed by atoms with Crippen LogP contribution in [0.3, 0.4) is 0 Å². The number of sulfonamides is 1. The van der Waals surface area contributed by atoms with Crippen LogP contribution in [0.15, 0.2) is 46.3 Å². The van der Waals surface area contributed by atoms with Gasteiger partial charge in [-0.15, -0.1) is 0 Å². The van der Waals surface area contributed by atoms with Crippen molar-refractivity contribution in [2.75, 3.05) is 11.9 Å². The van der Waals surface area contributed by atoms with Gasteiger partial charge in [0.25, 0.3) is 15.6 Å². The van der Waals surface area contributed by atoms with Gasteiger partial charge in [-0.25, -0.2) is 14.2 Å². The number of aromatic nitrogens is 4. The van der Waals surface area contributed by atoms with Crippen molar-refractivity contribution in [1.29, 1.82) is 0 Å². The van der Waals surface area contributed by atoms with Gasteiger partial charge in [0, 0.05) is 37.0 Å². The molecule has 1 unspecified atom stereocenters. The van der Waals surface area contributed by atoms with Gasteiger partial charge >= 0.3 is 13.1 Å². The van der Waals surface area contributed by atoms with Crippen molar-refractivity contribution in [3.8, 4) is 11.3 Å². The summed E-state index contributed by atoms with van der Waals surface area (Å²) in [6.45, 7) is 4.39. The smallest absolute Gasteiger partial charge is 0.427 e. The Hall–Kier alpha value is -3.49. The second-order valence-corrected chi connectivity index (χ2v) is 11.9. The lowest BCUT2D eigenvalue weighted by Crippen LogP contribution is -2.35. The van der Waals surface area contributed by atoms with E-state index in [1.165, 1.54) is 21.5 Å². The van der Waals surface area contributed by atoms with Crippen LogP contribution in [0, 0.1) is 5.92 Å². The lowest BCUT2D eigenvalue weighted by atomic mass is 9.77. The average Bonchev–Trinajstić information content (AvgIpc) is 3.58. The second kappa shape index (κ2) is 10.9. The molecule has 1 aliphatic heterocycles. The number of nitrogens with one attached hydrogen (secondary N) is 2. The molecule has 0 radical (unpaired) electrons. The summed E-state index contributed by atoms with van der Waals surface area (Å²) >= 11 is 0. The van der Waals surface area contributed by atoms with Crippen molar-refractivity contribution < 1.29 is 22.9 Å². The predicted octanol–water partition coefficient (Wildman–Crippen LogP) is 2.20. The average molecular weight is 554 g/mol. The zero-order chi connectivity index (χ0) is 27.7. The number of hydrogen-bond acceptors (Lipinski definition) is 8. The number of hydrogen-bond donors (Lipinski definition) is 3.